The zero-order valence-corrected chi connectivity index (χ0v) is 16.7. The molecule has 1 unspecified atom stereocenters. The average Bonchev–Trinajstić information content (AvgIpc) is 2.71. The zero-order chi connectivity index (χ0) is 19.5. The van der Waals surface area contributed by atoms with Gasteiger partial charge in [0.05, 0.1) is 12.6 Å². The van der Waals surface area contributed by atoms with Crippen LogP contribution in [0, 0.1) is 0 Å². The molecule has 0 fully saturated rings. The molecular formula is C20H25ClN2O3S. The number of nitrogens with one attached hydrogen (secondary N) is 1. The van der Waals surface area contributed by atoms with Crippen LogP contribution in [0.15, 0.2) is 60.7 Å². The van der Waals surface area contributed by atoms with Crippen LogP contribution in [-0.2, 0) is 20.1 Å². The normalized spacial score (nSPS) is 12.9. The monoisotopic (exact) mass is 409 g/mol. The quantitative estimate of drug-likeness (QED) is 0.589. The van der Waals surface area contributed by atoms with Crippen molar-refractivity contribution in [1.29, 1.82) is 0 Å². The first-order chi connectivity index (χ1) is 13.2. The van der Waals surface area contributed by atoms with Crippen molar-refractivity contribution in [1.82, 2.24) is 5.32 Å². The molecule has 0 aliphatic rings. The summed E-state index contributed by atoms with van der Waals surface area (Å²) in [6, 6.07) is 17.2. The molecule has 0 saturated carbocycles. The molecule has 27 heavy (non-hydrogen) atoms. The summed E-state index contributed by atoms with van der Waals surface area (Å²) in [6.45, 7) is 1.95. The van der Waals surface area contributed by atoms with E-state index in [1.54, 1.807) is 43.0 Å². The predicted molar refractivity (Wildman–Crippen MR) is 112 cm³/mol. The molecule has 0 aliphatic heterocycles. The predicted octanol–water partition coefficient (Wildman–Crippen LogP) is 3.09. The summed E-state index contributed by atoms with van der Waals surface area (Å²) < 4.78 is 12.6. The standard InChI is InChI=1S/C20H24N2O3S.ClH/c1-2-25-20(24)18(16-11-7-4-8-12-16)22-19(23)17(21)14-26-13-15-9-5-3-6-10-15;/h3-12,17-18H,2,13-14,21H2,1H3,(H,22,23);1H/t17-,18?;/m0./s1/i/hD. The Balaban J connectivity index is 0.00000392. The van der Waals surface area contributed by atoms with Gasteiger partial charge in [0, 0.05) is 11.5 Å². The number of benzene rings is 2. The molecule has 0 aliphatic carbocycles. The third-order valence-corrected chi connectivity index (χ3v) is 4.76. The van der Waals surface area contributed by atoms with Gasteiger partial charge in [-0.15, -0.1) is 12.4 Å². The van der Waals surface area contributed by atoms with Gasteiger partial charge in [-0.2, -0.15) is 11.8 Å². The summed E-state index contributed by atoms with van der Waals surface area (Å²) in [6.07, 6.45) is 0. The minimum Gasteiger partial charge on any atom is -0.464 e. The molecule has 5 nitrogen and oxygen atoms in total. The van der Waals surface area contributed by atoms with Crippen molar-refractivity contribution in [3.05, 3.63) is 71.8 Å². The third-order valence-electron chi connectivity index (χ3n) is 3.65. The average molecular weight is 410 g/mol. The van der Waals surface area contributed by atoms with Crippen molar-refractivity contribution in [3.63, 3.8) is 0 Å². The Morgan fingerprint density at radius 3 is 2.37 bits per heavy atom. The number of carbonyl (C=O) groups excluding carboxylic acids is 2. The number of halogens is 1. The zero-order valence-electron chi connectivity index (χ0n) is 16.1. The van der Waals surface area contributed by atoms with Gasteiger partial charge in [0.2, 0.25) is 5.91 Å². The Kier molecular flexibility index (Phi) is 9.76. The second-order valence-electron chi connectivity index (χ2n) is 5.66. The molecule has 2 aromatic carbocycles. The van der Waals surface area contributed by atoms with Gasteiger partial charge in [-0.05, 0) is 18.1 Å². The molecular weight excluding hydrogens is 384 g/mol. The van der Waals surface area contributed by atoms with Crippen LogP contribution in [0.1, 0.15) is 24.1 Å². The van der Waals surface area contributed by atoms with Gasteiger partial charge in [-0.3, -0.25) is 4.79 Å². The van der Waals surface area contributed by atoms with Crippen molar-refractivity contribution in [2.24, 2.45) is 5.73 Å². The van der Waals surface area contributed by atoms with E-state index in [1.807, 2.05) is 36.4 Å². The summed E-state index contributed by atoms with van der Waals surface area (Å²) in [5.41, 5.74) is 4.08. The van der Waals surface area contributed by atoms with Crippen molar-refractivity contribution in [2.45, 2.75) is 24.8 Å². The second-order valence-corrected chi connectivity index (χ2v) is 6.69. The van der Waals surface area contributed by atoms with Crippen molar-refractivity contribution < 1.29 is 15.7 Å². The minimum atomic E-state index is -0.895. The molecule has 0 heterocycles. The van der Waals surface area contributed by atoms with Crippen LogP contribution in [0.5, 0.6) is 0 Å². The van der Waals surface area contributed by atoms with Gasteiger partial charge < -0.3 is 15.8 Å². The lowest BCUT2D eigenvalue weighted by molar-refractivity contribution is -0.147. The molecule has 0 bridgehead atoms. The van der Waals surface area contributed by atoms with E-state index in [-0.39, 0.29) is 19.0 Å². The van der Waals surface area contributed by atoms with Gasteiger partial charge in [0.25, 0.3) is 0 Å². The van der Waals surface area contributed by atoms with Crippen LogP contribution >= 0.6 is 24.2 Å². The number of hydrogen-bond donors (Lipinski definition) is 2. The Hall–Kier alpha value is -2.02. The van der Waals surface area contributed by atoms with E-state index in [9.17, 15) is 9.59 Å². The molecule has 0 saturated heterocycles. The molecule has 0 aromatic heterocycles. The smallest absolute Gasteiger partial charge is 0.333 e. The Morgan fingerprint density at radius 2 is 1.78 bits per heavy atom. The Morgan fingerprint density at radius 1 is 1.15 bits per heavy atom. The Bertz CT molecular complexity index is 722. The molecule has 2 rings (SSSR count). The fourth-order valence-electron chi connectivity index (χ4n) is 2.34. The number of nitrogens with two attached hydrogens (primary N) is 1. The largest absolute Gasteiger partial charge is 0.464 e. The van der Waals surface area contributed by atoms with Crippen molar-refractivity contribution in [3.8, 4) is 0 Å². The van der Waals surface area contributed by atoms with Crippen LogP contribution in [0.2, 0.25) is 1.41 Å². The van der Waals surface area contributed by atoms with Crippen LogP contribution in [0.3, 0.4) is 0 Å². The number of esters is 1. The lowest BCUT2D eigenvalue weighted by Crippen LogP contribution is -2.46. The van der Waals surface area contributed by atoms with E-state index in [4.69, 9.17) is 6.15 Å². The van der Waals surface area contributed by atoms with Gasteiger partial charge in [-0.1, -0.05) is 60.7 Å². The number of rotatable bonds is 10. The topological polar surface area (TPSA) is 81.4 Å². The van der Waals surface area contributed by atoms with Crippen LogP contribution in [0.4, 0.5) is 0 Å². The second kappa shape index (κ2) is 12.4. The van der Waals surface area contributed by atoms with Crippen LogP contribution in [-0.4, -0.2) is 30.3 Å². The van der Waals surface area contributed by atoms with Crippen LogP contribution < -0.4 is 11.0 Å². The number of hydrogen-bond acceptors (Lipinski definition) is 5. The molecule has 3 N–H and O–H groups in total. The molecule has 0 radical (unpaired) electrons. The lowest BCUT2D eigenvalue weighted by Gasteiger charge is -2.20. The number of carbonyl (C=O) groups is 2. The molecule has 0 spiro atoms. The number of amides is 1. The highest BCUT2D eigenvalue weighted by molar-refractivity contribution is 7.98. The Labute approximate surface area is 171 Å². The van der Waals surface area contributed by atoms with E-state index in [2.05, 4.69) is 11.0 Å². The lowest BCUT2D eigenvalue weighted by atomic mass is 10.1. The summed E-state index contributed by atoms with van der Waals surface area (Å²) in [5.74, 6) is 0.228. The van der Waals surface area contributed by atoms with Crippen LogP contribution in [0.25, 0.3) is 0 Å². The van der Waals surface area contributed by atoms with Gasteiger partial charge in [0.1, 0.15) is 1.41 Å². The number of thioether (sulfide) groups is 1. The van der Waals surface area contributed by atoms with E-state index in [0.29, 0.717) is 11.3 Å². The molecule has 7 heteroatoms. The SMILES string of the molecule is Cl.[2H]N[C@@H](CSCc1ccccc1)C(=O)NC(C(=O)OCC)c1ccccc1. The summed E-state index contributed by atoms with van der Waals surface area (Å²) in [4.78, 5) is 24.9. The van der Waals surface area contributed by atoms with E-state index in [0.717, 1.165) is 11.3 Å². The van der Waals surface area contributed by atoms with E-state index >= 15 is 0 Å². The highest BCUT2D eigenvalue weighted by Gasteiger charge is 2.26. The first kappa shape index (κ1) is 21.3. The molecule has 2 aromatic rings. The summed E-state index contributed by atoms with van der Waals surface area (Å²) in [5, 5.41) is 2.71. The van der Waals surface area contributed by atoms with E-state index in [1.165, 1.54) is 0 Å². The first-order valence-electron chi connectivity index (χ1n) is 8.96. The van der Waals surface area contributed by atoms with E-state index < -0.39 is 24.0 Å². The highest BCUT2D eigenvalue weighted by atomic mass is 35.5. The van der Waals surface area contributed by atoms with Crippen molar-refractivity contribution >= 4 is 36.0 Å². The maximum atomic E-state index is 12.6. The fourth-order valence-corrected chi connectivity index (χ4v) is 3.27. The first-order valence-corrected chi connectivity index (χ1v) is 9.62. The van der Waals surface area contributed by atoms with Gasteiger partial charge in [0.15, 0.2) is 6.04 Å². The molecule has 2 atom stereocenters. The maximum absolute atomic E-state index is 12.6. The minimum absolute atomic E-state index is 0. The summed E-state index contributed by atoms with van der Waals surface area (Å²) >= 11 is 1.55. The summed E-state index contributed by atoms with van der Waals surface area (Å²) in [7, 11) is 0. The molecule has 146 valence electrons. The highest BCUT2D eigenvalue weighted by Crippen LogP contribution is 2.16. The maximum Gasteiger partial charge on any atom is 0.333 e. The van der Waals surface area contributed by atoms with Crippen molar-refractivity contribution in [2.75, 3.05) is 12.4 Å². The van der Waals surface area contributed by atoms with Gasteiger partial charge >= 0.3 is 5.97 Å². The fraction of sp³-hybridized carbons (Fsp3) is 0.300. The van der Waals surface area contributed by atoms with Gasteiger partial charge in [-0.25, -0.2) is 4.79 Å². The third kappa shape index (κ3) is 7.62. The number of ether oxygens (including phenoxy) is 1. The molecule has 1 amide bonds.